The highest BCUT2D eigenvalue weighted by Gasteiger charge is 2.17. The Labute approximate surface area is 163 Å². The quantitative estimate of drug-likeness (QED) is 0.506. The largest absolute Gasteiger partial charge is 0.481 e. The molecule has 140 valence electrons. The van der Waals surface area contributed by atoms with Gasteiger partial charge >= 0.3 is 0 Å². The molecule has 4 rings (SSSR count). The van der Waals surface area contributed by atoms with E-state index in [0.717, 1.165) is 0 Å². The SMILES string of the molecule is COc1ccc(NC(=O)c2ccnc3[nH]c(-c4ccc(F)cc4)nc23)c(Cl)n1. The fourth-order valence-electron chi connectivity index (χ4n) is 2.65. The summed E-state index contributed by atoms with van der Waals surface area (Å²) in [5.74, 6) is 0.0545. The Morgan fingerprint density at radius 1 is 1.14 bits per heavy atom. The topological polar surface area (TPSA) is 92.8 Å². The summed E-state index contributed by atoms with van der Waals surface area (Å²) in [5.41, 5.74) is 2.14. The van der Waals surface area contributed by atoms with Gasteiger partial charge in [0, 0.05) is 17.8 Å². The number of aromatic nitrogens is 4. The number of nitrogens with zero attached hydrogens (tertiary/aromatic N) is 3. The van der Waals surface area contributed by atoms with Crippen LogP contribution in [0.4, 0.5) is 10.1 Å². The molecule has 7 nitrogen and oxygen atoms in total. The van der Waals surface area contributed by atoms with Crippen LogP contribution in [-0.2, 0) is 0 Å². The van der Waals surface area contributed by atoms with Crippen molar-refractivity contribution in [1.82, 2.24) is 19.9 Å². The highest BCUT2D eigenvalue weighted by Crippen LogP contribution is 2.25. The van der Waals surface area contributed by atoms with Crippen molar-refractivity contribution in [2.24, 2.45) is 0 Å². The van der Waals surface area contributed by atoms with Gasteiger partial charge in [0.15, 0.2) is 10.8 Å². The average Bonchev–Trinajstić information content (AvgIpc) is 3.14. The maximum atomic E-state index is 13.1. The van der Waals surface area contributed by atoms with Crippen molar-refractivity contribution < 1.29 is 13.9 Å². The maximum Gasteiger partial charge on any atom is 0.258 e. The summed E-state index contributed by atoms with van der Waals surface area (Å²) in [6.07, 6.45) is 1.50. The first-order valence-corrected chi connectivity index (χ1v) is 8.55. The standard InChI is InChI=1S/C19H13ClFN5O2/c1-28-14-7-6-13(16(20)24-14)23-19(27)12-8-9-22-18-15(12)25-17(26-18)10-2-4-11(21)5-3-10/h2-9H,1H3,(H,23,27)(H,22,25,26). The number of amides is 1. The molecule has 0 spiro atoms. The van der Waals surface area contributed by atoms with Crippen LogP contribution in [-0.4, -0.2) is 33.0 Å². The Bertz CT molecular complexity index is 1180. The molecule has 0 fully saturated rings. The van der Waals surface area contributed by atoms with Gasteiger partial charge in [-0.3, -0.25) is 4.79 Å². The van der Waals surface area contributed by atoms with Gasteiger partial charge in [0.25, 0.3) is 5.91 Å². The number of methoxy groups -OCH3 is 1. The maximum absolute atomic E-state index is 13.1. The number of H-pyrrole nitrogens is 1. The van der Waals surface area contributed by atoms with E-state index in [0.29, 0.717) is 39.7 Å². The van der Waals surface area contributed by atoms with Crippen molar-refractivity contribution in [3.63, 3.8) is 0 Å². The summed E-state index contributed by atoms with van der Waals surface area (Å²) in [5, 5.41) is 2.81. The Morgan fingerprint density at radius 2 is 1.93 bits per heavy atom. The third kappa shape index (κ3) is 3.37. The Hall–Kier alpha value is -3.52. The van der Waals surface area contributed by atoms with E-state index in [-0.39, 0.29) is 11.0 Å². The third-order valence-electron chi connectivity index (χ3n) is 4.03. The van der Waals surface area contributed by atoms with Crippen LogP contribution in [0.1, 0.15) is 10.4 Å². The van der Waals surface area contributed by atoms with Crippen LogP contribution in [0.5, 0.6) is 5.88 Å². The van der Waals surface area contributed by atoms with Gasteiger partial charge < -0.3 is 15.0 Å². The van der Waals surface area contributed by atoms with Gasteiger partial charge in [-0.2, -0.15) is 4.98 Å². The van der Waals surface area contributed by atoms with Crippen LogP contribution in [0.15, 0.2) is 48.7 Å². The molecule has 4 aromatic rings. The monoisotopic (exact) mass is 397 g/mol. The Kier molecular flexibility index (Phi) is 4.62. The zero-order valence-electron chi connectivity index (χ0n) is 14.5. The lowest BCUT2D eigenvalue weighted by Crippen LogP contribution is -2.13. The molecule has 9 heteroatoms. The van der Waals surface area contributed by atoms with Crippen molar-refractivity contribution >= 4 is 34.4 Å². The molecule has 3 aromatic heterocycles. The molecule has 3 heterocycles. The number of fused-ring (bicyclic) bond motifs is 1. The number of imidazole rings is 1. The minimum atomic E-state index is -0.418. The summed E-state index contributed by atoms with van der Waals surface area (Å²) >= 11 is 6.08. The number of carbonyl (C=O) groups is 1. The summed E-state index contributed by atoms with van der Waals surface area (Å²) in [6.45, 7) is 0. The third-order valence-corrected chi connectivity index (χ3v) is 4.32. The number of nitrogens with one attached hydrogen (secondary N) is 2. The molecule has 0 aliphatic carbocycles. The van der Waals surface area contributed by atoms with E-state index in [9.17, 15) is 9.18 Å². The lowest BCUT2D eigenvalue weighted by Gasteiger charge is -2.08. The van der Waals surface area contributed by atoms with Crippen LogP contribution in [0.2, 0.25) is 5.15 Å². The summed E-state index contributed by atoms with van der Waals surface area (Å²) in [6, 6.07) is 10.6. The lowest BCUT2D eigenvalue weighted by atomic mass is 10.2. The first kappa shape index (κ1) is 17.9. The van der Waals surface area contributed by atoms with E-state index in [2.05, 4.69) is 25.3 Å². The Balaban J connectivity index is 1.68. The highest BCUT2D eigenvalue weighted by molar-refractivity contribution is 6.32. The molecule has 0 aliphatic heterocycles. The van der Waals surface area contributed by atoms with Gasteiger partial charge in [0.1, 0.15) is 17.2 Å². The van der Waals surface area contributed by atoms with Crippen LogP contribution >= 0.6 is 11.6 Å². The van der Waals surface area contributed by atoms with E-state index in [1.165, 1.54) is 25.4 Å². The van der Waals surface area contributed by atoms with Crippen LogP contribution in [0, 0.1) is 5.82 Å². The number of aromatic amines is 1. The van der Waals surface area contributed by atoms with Gasteiger partial charge in [-0.05, 0) is 36.4 Å². The number of carbonyl (C=O) groups excluding carboxylic acids is 1. The Morgan fingerprint density at radius 3 is 2.64 bits per heavy atom. The van der Waals surface area contributed by atoms with Gasteiger partial charge in [0.2, 0.25) is 5.88 Å². The molecule has 0 aliphatic rings. The fourth-order valence-corrected chi connectivity index (χ4v) is 2.85. The van der Waals surface area contributed by atoms with E-state index < -0.39 is 5.91 Å². The van der Waals surface area contributed by atoms with Crippen molar-refractivity contribution in [2.75, 3.05) is 12.4 Å². The van der Waals surface area contributed by atoms with Crippen LogP contribution in [0.3, 0.4) is 0 Å². The molecule has 0 radical (unpaired) electrons. The summed E-state index contributed by atoms with van der Waals surface area (Å²) < 4.78 is 18.1. The second-order valence-electron chi connectivity index (χ2n) is 5.79. The molecule has 0 atom stereocenters. The van der Waals surface area contributed by atoms with E-state index in [1.54, 1.807) is 30.3 Å². The predicted molar refractivity (Wildman–Crippen MR) is 103 cm³/mol. The molecule has 2 N–H and O–H groups in total. The average molecular weight is 398 g/mol. The van der Waals surface area contributed by atoms with E-state index in [4.69, 9.17) is 16.3 Å². The molecular formula is C19H13ClFN5O2. The van der Waals surface area contributed by atoms with E-state index >= 15 is 0 Å². The fraction of sp³-hybridized carbons (Fsp3) is 0.0526. The van der Waals surface area contributed by atoms with Gasteiger partial charge in [0.05, 0.1) is 18.4 Å². The number of pyridine rings is 2. The molecule has 0 unspecified atom stereocenters. The van der Waals surface area contributed by atoms with Gasteiger partial charge in [-0.25, -0.2) is 14.4 Å². The second-order valence-corrected chi connectivity index (χ2v) is 6.15. The molecule has 0 saturated heterocycles. The zero-order chi connectivity index (χ0) is 19.7. The molecule has 0 bridgehead atoms. The first-order chi connectivity index (χ1) is 13.5. The van der Waals surface area contributed by atoms with Crippen LogP contribution in [0.25, 0.3) is 22.6 Å². The molecular weight excluding hydrogens is 385 g/mol. The minimum absolute atomic E-state index is 0.104. The van der Waals surface area contributed by atoms with Gasteiger partial charge in [-0.1, -0.05) is 11.6 Å². The van der Waals surface area contributed by atoms with E-state index in [1.807, 2.05) is 0 Å². The van der Waals surface area contributed by atoms with Gasteiger partial charge in [-0.15, -0.1) is 0 Å². The summed E-state index contributed by atoms with van der Waals surface area (Å²) in [7, 11) is 1.47. The zero-order valence-corrected chi connectivity index (χ0v) is 15.3. The molecule has 1 amide bonds. The number of ether oxygens (including phenoxy) is 1. The minimum Gasteiger partial charge on any atom is -0.481 e. The predicted octanol–water partition coefficient (Wildman–Crippen LogP) is 4.07. The van der Waals surface area contributed by atoms with Crippen molar-refractivity contribution in [3.05, 3.63) is 65.2 Å². The number of anilines is 1. The number of hydrogen-bond acceptors (Lipinski definition) is 5. The number of rotatable bonds is 4. The smallest absolute Gasteiger partial charge is 0.258 e. The number of hydrogen-bond donors (Lipinski definition) is 2. The van der Waals surface area contributed by atoms with Crippen molar-refractivity contribution in [1.29, 1.82) is 0 Å². The van der Waals surface area contributed by atoms with Crippen molar-refractivity contribution in [3.8, 4) is 17.3 Å². The lowest BCUT2D eigenvalue weighted by molar-refractivity contribution is 0.102. The molecule has 1 aromatic carbocycles. The molecule has 28 heavy (non-hydrogen) atoms. The molecule has 0 saturated carbocycles. The first-order valence-electron chi connectivity index (χ1n) is 8.17. The number of benzene rings is 1. The number of halogens is 2. The normalized spacial score (nSPS) is 10.8. The highest BCUT2D eigenvalue weighted by atomic mass is 35.5. The van der Waals surface area contributed by atoms with Crippen LogP contribution < -0.4 is 10.1 Å². The summed E-state index contributed by atoms with van der Waals surface area (Å²) in [4.78, 5) is 28.5. The van der Waals surface area contributed by atoms with Crippen molar-refractivity contribution in [2.45, 2.75) is 0 Å². The second kappa shape index (κ2) is 7.24.